The Balaban J connectivity index is 2.04. The first-order valence-electron chi connectivity index (χ1n) is 7.49. The van der Waals surface area contributed by atoms with E-state index in [9.17, 15) is 10.1 Å². The first kappa shape index (κ1) is 16.5. The van der Waals surface area contributed by atoms with Crippen molar-refractivity contribution >= 4 is 23.3 Å². The van der Waals surface area contributed by atoms with E-state index in [1.165, 1.54) is 12.1 Å². The molecule has 0 aliphatic rings. The molecular formula is C17H20N4O2. The molecule has 0 aliphatic heterocycles. The van der Waals surface area contributed by atoms with E-state index in [4.69, 9.17) is 0 Å². The lowest BCUT2D eigenvalue weighted by molar-refractivity contribution is -0.384. The van der Waals surface area contributed by atoms with E-state index in [-0.39, 0.29) is 5.69 Å². The Hall–Kier alpha value is -2.89. The number of nitrogens with one attached hydrogen (secondary N) is 2. The summed E-state index contributed by atoms with van der Waals surface area (Å²) in [6.45, 7) is 4.26. The summed E-state index contributed by atoms with van der Waals surface area (Å²) in [5.74, 6) is 0. The first-order valence-corrected chi connectivity index (χ1v) is 7.49. The fourth-order valence-electron chi connectivity index (χ4n) is 1.94. The van der Waals surface area contributed by atoms with E-state index in [0.717, 1.165) is 17.7 Å². The minimum atomic E-state index is -0.427. The zero-order chi connectivity index (χ0) is 16.7. The number of hydrogen-bond acceptors (Lipinski definition) is 5. The van der Waals surface area contributed by atoms with Crippen molar-refractivity contribution in [2.24, 2.45) is 5.10 Å². The van der Waals surface area contributed by atoms with Crippen molar-refractivity contribution in [3.63, 3.8) is 0 Å². The fraction of sp³-hybridized carbons (Fsp3) is 0.235. The number of hydrogen-bond donors (Lipinski definition) is 2. The minimum Gasteiger partial charge on any atom is -0.382 e. The van der Waals surface area contributed by atoms with Crippen LogP contribution in [0.15, 0.2) is 53.6 Å². The van der Waals surface area contributed by atoms with Gasteiger partial charge >= 0.3 is 0 Å². The molecule has 1 atom stereocenters. The molecule has 6 heteroatoms. The van der Waals surface area contributed by atoms with Gasteiger partial charge in [0.1, 0.15) is 0 Å². The highest BCUT2D eigenvalue weighted by molar-refractivity contribution is 5.88. The summed E-state index contributed by atoms with van der Waals surface area (Å²) >= 11 is 0. The van der Waals surface area contributed by atoms with E-state index in [0.29, 0.717) is 11.7 Å². The zero-order valence-corrected chi connectivity index (χ0v) is 13.2. The first-order chi connectivity index (χ1) is 11.1. The van der Waals surface area contributed by atoms with Crippen LogP contribution in [-0.4, -0.2) is 17.2 Å². The molecule has 0 saturated carbocycles. The molecule has 6 nitrogen and oxygen atoms in total. The van der Waals surface area contributed by atoms with Crippen LogP contribution in [0, 0.1) is 10.1 Å². The molecule has 120 valence electrons. The average Bonchev–Trinajstić information content (AvgIpc) is 2.56. The van der Waals surface area contributed by atoms with Crippen molar-refractivity contribution in [1.82, 2.24) is 0 Å². The van der Waals surface area contributed by atoms with Crippen LogP contribution in [0.2, 0.25) is 0 Å². The number of non-ortho nitro benzene ring substituents is 1. The SMILES string of the molecule is CC[C@@H](C)Nc1ccccc1/C=N/Nc1ccc([N+](=O)[O-])cc1. The van der Waals surface area contributed by atoms with Crippen LogP contribution in [0.3, 0.4) is 0 Å². The van der Waals surface area contributed by atoms with Crippen LogP contribution in [-0.2, 0) is 0 Å². The average molecular weight is 312 g/mol. The molecule has 0 radical (unpaired) electrons. The lowest BCUT2D eigenvalue weighted by Crippen LogP contribution is -2.14. The third-order valence-corrected chi connectivity index (χ3v) is 3.45. The third kappa shape index (κ3) is 4.81. The number of nitro benzene ring substituents is 1. The Kier molecular flexibility index (Phi) is 5.68. The largest absolute Gasteiger partial charge is 0.382 e. The lowest BCUT2D eigenvalue weighted by Gasteiger charge is -2.14. The summed E-state index contributed by atoms with van der Waals surface area (Å²) in [6.07, 6.45) is 2.76. The van der Waals surface area contributed by atoms with Crippen molar-refractivity contribution in [2.75, 3.05) is 10.7 Å². The van der Waals surface area contributed by atoms with Gasteiger partial charge in [0.05, 0.1) is 16.8 Å². The van der Waals surface area contributed by atoms with Gasteiger partial charge in [0.25, 0.3) is 5.69 Å². The second-order valence-electron chi connectivity index (χ2n) is 5.21. The lowest BCUT2D eigenvalue weighted by atomic mass is 10.1. The highest BCUT2D eigenvalue weighted by Gasteiger charge is 2.04. The molecule has 0 fully saturated rings. The number of nitrogens with zero attached hydrogens (tertiary/aromatic N) is 2. The molecule has 2 aromatic rings. The van der Waals surface area contributed by atoms with E-state index in [2.05, 4.69) is 29.7 Å². The standard InChI is InChI=1S/C17H20N4O2/c1-3-13(2)19-17-7-5-4-6-14(17)12-18-20-15-8-10-16(11-9-15)21(22)23/h4-13,19-20H,3H2,1-2H3/b18-12+/t13-/m1/s1. The van der Waals surface area contributed by atoms with Crippen molar-refractivity contribution in [3.05, 3.63) is 64.2 Å². The van der Waals surface area contributed by atoms with Gasteiger partial charge in [-0.1, -0.05) is 25.1 Å². The Morgan fingerprint density at radius 1 is 1.22 bits per heavy atom. The van der Waals surface area contributed by atoms with E-state index >= 15 is 0 Å². The molecule has 23 heavy (non-hydrogen) atoms. The van der Waals surface area contributed by atoms with E-state index in [1.54, 1.807) is 18.3 Å². The molecule has 0 saturated heterocycles. The van der Waals surface area contributed by atoms with Crippen molar-refractivity contribution in [2.45, 2.75) is 26.3 Å². The Morgan fingerprint density at radius 2 is 1.91 bits per heavy atom. The highest BCUT2D eigenvalue weighted by atomic mass is 16.6. The summed E-state index contributed by atoms with van der Waals surface area (Å²) in [5, 5.41) is 18.2. The fourth-order valence-corrected chi connectivity index (χ4v) is 1.94. The van der Waals surface area contributed by atoms with Gasteiger partial charge < -0.3 is 5.32 Å². The highest BCUT2D eigenvalue weighted by Crippen LogP contribution is 2.17. The Morgan fingerprint density at radius 3 is 2.57 bits per heavy atom. The van der Waals surface area contributed by atoms with Crippen LogP contribution in [0.4, 0.5) is 17.1 Å². The predicted octanol–water partition coefficient (Wildman–Crippen LogP) is 4.25. The maximum atomic E-state index is 10.6. The number of rotatable bonds is 7. The summed E-state index contributed by atoms with van der Waals surface area (Å²) in [6, 6.07) is 14.4. The van der Waals surface area contributed by atoms with E-state index in [1.807, 2.05) is 24.3 Å². The smallest absolute Gasteiger partial charge is 0.269 e. The van der Waals surface area contributed by atoms with Gasteiger partial charge in [-0.2, -0.15) is 5.10 Å². The van der Waals surface area contributed by atoms with Crippen molar-refractivity contribution in [3.8, 4) is 0 Å². The molecule has 0 aromatic heterocycles. The monoisotopic (exact) mass is 312 g/mol. The van der Waals surface area contributed by atoms with Crippen molar-refractivity contribution < 1.29 is 4.92 Å². The molecule has 0 aliphatic carbocycles. The third-order valence-electron chi connectivity index (χ3n) is 3.45. The Bertz CT molecular complexity index is 683. The number of anilines is 2. The number of benzene rings is 2. The molecular weight excluding hydrogens is 292 g/mol. The van der Waals surface area contributed by atoms with Gasteiger partial charge in [-0.15, -0.1) is 0 Å². The van der Waals surface area contributed by atoms with Crippen LogP contribution in [0.1, 0.15) is 25.8 Å². The maximum Gasteiger partial charge on any atom is 0.269 e. The van der Waals surface area contributed by atoms with Gasteiger partial charge in [-0.3, -0.25) is 15.5 Å². The van der Waals surface area contributed by atoms with Crippen molar-refractivity contribution in [1.29, 1.82) is 0 Å². The molecule has 2 rings (SSSR count). The van der Waals surface area contributed by atoms with E-state index < -0.39 is 4.92 Å². The number of para-hydroxylation sites is 1. The van der Waals surface area contributed by atoms with Crippen LogP contribution < -0.4 is 10.7 Å². The molecule has 2 N–H and O–H groups in total. The molecule has 0 heterocycles. The van der Waals surface area contributed by atoms with Gasteiger partial charge in [0.15, 0.2) is 0 Å². The Labute approximate surface area is 135 Å². The minimum absolute atomic E-state index is 0.0580. The molecule has 0 amide bonds. The number of nitro groups is 1. The zero-order valence-electron chi connectivity index (χ0n) is 13.2. The van der Waals surface area contributed by atoms with Crippen LogP contribution in [0.5, 0.6) is 0 Å². The normalized spacial score (nSPS) is 12.1. The van der Waals surface area contributed by atoms with Gasteiger partial charge in [-0.05, 0) is 31.5 Å². The second-order valence-corrected chi connectivity index (χ2v) is 5.21. The summed E-state index contributed by atoms with van der Waals surface area (Å²) in [7, 11) is 0. The summed E-state index contributed by atoms with van der Waals surface area (Å²) < 4.78 is 0. The van der Waals surface area contributed by atoms with Gasteiger partial charge in [0, 0.05) is 29.4 Å². The molecule has 2 aromatic carbocycles. The van der Waals surface area contributed by atoms with Crippen LogP contribution in [0.25, 0.3) is 0 Å². The maximum absolute atomic E-state index is 10.6. The van der Waals surface area contributed by atoms with Gasteiger partial charge in [0.2, 0.25) is 0 Å². The summed E-state index contributed by atoms with van der Waals surface area (Å²) in [4.78, 5) is 10.2. The second kappa shape index (κ2) is 7.93. The van der Waals surface area contributed by atoms with Crippen LogP contribution >= 0.6 is 0 Å². The predicted molar refractivity (Wildman–Crippen MR) is 94.1 cm³/mol. The molecule has 0 unspecified atom stereocenters. The topological polar surface area (TPSA) is 79.6 Å². The van der Waals surface area contributed by atoms with Gasteiger partial charge in [-0.25, -0.2) is 0 Å². The quantitative estimate of drug-likeness (QED) is 0.455. The summed E-state index contributed by atoms with van der Waals surface area (Å²) in [5.41, 5.74) is 5.62. The number of hydrazone groups is 1. The molecule has 0 bridgehead atoms. The molecule has 0 spiro atoms.